The Morgan fingerprint density at radius 1 is 1.60 bits per heavy atom. The first-order chi connectivity index (χ1) is 9.69. The van der Waals surface area contributed by atoms with Gasteiger partial charge in [0.15, 0.2) is 12.8 Å². The zero-order chi connectivity index (χ0) is 15.0. The van der Waals surface area contributed by atoms with Gasteiger partial charge in [-0.3, -0.25) is 0 Å². The summed E-state index contributed by atoms with van der Waals surface area (Å²) < 4.78 is 12.8. The molecule has 0 amide bonds. The zero-order valence-electron chi connectivity index (χ0n) is 12.3. The highest BCUT2D eigenvalue weighted by molar-refractivity contribution is 5.55. The van der Waals surface area contributed by atoms with Crippen LogP contribution >= 0.6 is 0 Å². The van der Waals surface area contributed by atoms with Crippen LogP contribution in [0.5, 0.6) is 0 Å². The molecule has 0 unspecified atom stereocenters. The first-order valence-corrected chi connectivity index (χ1v) is 6.68. The molecule has 20 heavy (non-hydrogen) atoms. The predicted octanol–water partition coefficient (Wildman–Crippen LogP) is 1.68. The Morgan fingerprint density at radius 2 is 2.35 bits per heavy atom. The van der Waals surface area contributed by atoms with Gasteiger partial charge in [0.2, 0.25) is 11.5 Å². The summed E-state index contributed by atoms with van der Waals surface area (Å²) in [6.45, 7) is 5.77. The lowest BCUT2D eigenvalue weighted by Crippen LogP contribution is -2.27. The summed E-state index contributed by atoms with van der Waals surface area (Å²) in [5.41, 5.74) is 7.52. The van der Waals surface area contributed by atoms with Crippen molar-refractivity contribution in [2.24, 2.45) is 5.73 Å². The lowest BCUT2D eigenvalue weighted by molar-refractivity contribution is -0.484. The lowest BCUT2D eigenvalue weighted by Gasteiger charge is -2.14. The van der Waals surface area contributed by atoms with Crippen LogP contribution in [0.2, 0.25) is 0 Å². The molecule has 2 N–H and O–H groups in total. The second-order valence-electron chi connectivity index (χ2n) is 4.21. The van der Waals surface area contributed by atoms with Gasteiger partial charge < -0.3 is 15.2 Å². The Bertz CT molecular complexity index is 508. The summed E-state index contributed by atoms with van der Waals surface area (Å²) in [7, 11) is 1.56. The summed E-state index contributed by atoms with van der Waals surface area (Å²) in [5.74, 6) is 0.503. The zero-order valence-corrected chi connectivity index (χ0v) is 12.3. The van der Waals surface area contributed by atoms with Gasteiger partial charge in [-0.15, -0.1) is 0 Å². The van der Waals surface area contributed by atoms with Gasteiger partial charge in [-0.2, -0.15) is 9.84 Å². The predicted molar refractivity (Wildman–Crippen MR) is 78.0 cm³/mol. The second kappa shape index (κ2) is 8.18. The molecule has 0 radical (unpaired) electrons. The van der Waals surface area contributed by atoms with Crippen molar-refractivity contribution in [1.82, 2.24) is 0 Å². The number of hydrogen-bond donors (Lipinski definition) is 1. The highest BCUT2D eigenvalue weighted by atomic mass is 16.5. The topological polar surface area (TPSA) is 71.3 Å². The van der Waals surface area contributed by atoms with E-state index < -0.39 is 0 Å². The van der Waals surface area contributed by atoms with Crippen molar-refractivity contribution in [3.05, 3.63) is 34.9 Å². The van der Waals surface area contributed by atoms with E-state index in [-0.39, 0.29) is 0 Å². The maximum absolute atomic E-state index is 9.36. The molecule has 0 atom stereocenters. The lowest BCUT2D eigenvalue weighted by atomic mass is 10.1. The van der Waals surface area contributed by atoms with Crippen LogP contribution in [-0.4, -0.2) is 37.7 Å². The van der Waals surface area contributed by atoms with Gasteiger partial charge in [0.25, 0.3) is 0 Å². The van der Waals surface area contributed by atoms with Crippen molar-refractivity contribution in [3.8, 4) is 6.07 Å². The van der Waals surface area contributed by atoms with Crippen LogP contribution in [0, 0.1) is 11.3 Å². The summed E-state index contributed by atoms with van der Waals surface area (Å²) in [4.78, 5) is 0. The molecule has 0 aromatic carbocycles. The van der Waals surface area contributed by atoms with Crippen molar-refractivity contribution >= 4 is 6.21 Å². The fraction of sp³-hybridized carbons (Fsp3) is 0.467. The molecule has 0 bridgehead atoms. The van der Waals surface area contributed by atoms with Gasteiger partial charge in [-0.1, -0.05) is 13.0 Å². The quantitative estimate of drug-likeness (QED) is 0.359. The van der Waals surface area contributed by atoms with E-state index in [4.69, 9.17) is 15.2 Å². The summed E-state index contributed by atoms with van der Waals surface area (Å²) >= 11 is 0. The molecule has 1 aliphatic rings. The molecular formula is C15H22N3O2+. The van der Waals surface area contributed by atoms with Crippen LogP contribution in [0.25, 0.3) is 0 Å². The molecule has 1 rings (SSSR count). The maximum atomic E-state index is 9.36. The Balaban J connectivity index is 3.37. The third-order valence-electron chi connectivity index (χ3n) is 2.97. The van der Waals surface area contributed by atoms with Gasteiger partial charge >= 0.3 is 0 Å². The van der Waals surface area contributed by atoms with E-state index in [2.05, 4.69) is 6.07 Å². The van der Waals surface area contributed by atoms with E-state index in [1.165, 1.54) is 0 Å². The fourth-order valence-corrected chi connectivity index (χ4v) is 1.96. The molecule has 0 saturated heterocycles. The van der Waals surface area contributed by atoms with Crippen LogP contribution in [0.4, 0.5) is 0 Å². The number of allylic oxidation sites excluding steroid dienone is 3. The van der Waals surface area contributed by atoms with Crippen molar-refractivity contribution in [2.45, 2.75) is 20.3 Å². The van der Waals surface area contributed by atoms with Gasteiger partial charge in [-0.25, -0.2) is 0 Å². The molecule has 0 aliphatic carbocycles. The minimum atomic E-state index is 0.356. The number of ether oxygens (including phenoxy) is 2. The van der Waals surface area contributed by atoms with Crippen molar-refractivity contribution < 1.29 is 14.0 Å². The molecule has 0 aromatic rings. The Labute approximate surface area is 120 Å². The molecular weight excluding hydrogens is 254 g/mol. The van der Waals surface area contributed by atoms with Crippen molar-refractivity contribution in [3.63, 3.8) is 0 Å². The molecule has 5 nitrogen and oxygen atoms in total. The average molecular weight is 276 g/mol. The minimum Gasteiger partial charge on any atom is -0.489 e. The first-order valence-electron chi connectivity index (χ1n) is 6.68. The van der Waals surface area contributed by atoms with Crippen LogP contribution < -0.4 is 5.73 Å². The van der Waals surface area contributed by atoms with Crippen molar-refractivity contribution in [1.29, 1.82) is 5.26 Å². The Hall–Kier alpha value is -2.06. The number of rotatable bonds is 5. The summed E-state index contributed by atoms with van der Waals surface area (Å²) in [6.07, 6.45) is 6.51. The summed E-state index contributed by atoms with van der Waals surface area (Å²) in [5, 5.41) is 9.36. The molecule has 0 saturated carbocycles. The van der Waals surface area contributed by atoms with Crippen LogP contribution in [0.3, 0.4) is 0 Å². The molecule has 108 valence electrons. The molecule has 1 heterocycles. The smallest absolute Gasteiger partial charge is 0.244 e. The van der Waals surface area contributed by atoms with Gasteiger partial charge in [0.1, 0.15) is 24.9 Å². The van der Waals surface area contributed by atoms with Crippen LogP contribution in [0.1, 0.15) is 20.3 Å². The number of nitriles is 1. The standard InChI is InChI=1S/C15H22N3O2/c1-4-6-14(18-7-9-20-10-8-18)15(19-3)12(11-16)13(17)5-2/h5-7H,4,8-10,17H2,1-3H3/q+1/b13-5+,14-6-,15-12+. The van der Waals surface area contributed by atoms with Crippen LogP contribution in [-0.2, 0) is 9.47 Å². The fourth-order valence-electron chi connectivity index (χ4n) is 1.96. The second-order valence-corrected chi connectivity index (χ2v) is 4.21. The van der Waals surface area contributed by atoms with E-state index in [9.17, 15) is 5.26 Å². The number of nitrogens with zero attached hydrogens (tertiary/aromatic N) is 2. The van der Waals surface area contributed by atoms with E-state index >= 15 is 0 Å². The highest BCUT2D eigenvalue weighted by Gasteiger charge is 2.25. The van der Waals surface area contributed by atoms with Crippen LogP contribution in [0.15, 0.2) is 34.9 Å². The van der Waals surface area contributed by atoms with Crippen molar-refractivity contribution in [2.75, 3.05) is 26.9 Å². The normalized spacial score (nSPS) is 18.0. The average Bonchev–Trinajstić information content (AvgIpc) is 2.51. The third-order valence-corrected chi connectivity index (χ3v) is 2.97. The Morgan fingerprint density at radius 3 is 2.80 bits per heavy atom. The number of hydrogen-bond acceptors (Lipinski definition) is 4. The number of methoxy groups -OCH3 is 1. The van der Waals surface area contributed by atoms with Gasteiger partial charge in [-0.05, 0) is 19.4 Å². The van der Waals surface area contributed by atoms with E-state index in [1.807, 2.05) is 23.8 Å². The summed E-state index contributed by atoms with van der Waals surface area (Å²) in [6, 6.07) is 2.13. The largest absolute Gasteiger partial charge is 0.489 e. The highest BCUT2D eigenvalue weighted by Crippen LogP contribution is 2.21. The van der Waals surface area contributed by atoms with Gasteiger partial charge in [0, 0.05) is 5.70 Å². The van der Waals surface area contributed by atoms with E-state index in [0.29, 0.717) is 30.2 Å². The molecule has 0 spiro atoms. The molecule has 0 fully saturated rings. The molecule has 5 heteroatoms. The minimum absolute atomic E-state index is 0.356. The molecule has 0 aromatic heterocycles. The van der Waals surface area contributed by atoms with Gasteiger partial charge in [0.05, 0.1) is 7.11 Å². The van der Waals surface area contributed by atoms with E-state index in [0.717, 1.165) is 18.7 Å². The molecule has 1 aliphatic heterocycles. The number of nitrogens with two attached hydrogens (primary N) is 1. The monoisotopic (exact) mass is 276 g/mol. The SMILES string of the molecule is C\C=C(N)/C(C#N)=C(OC)\C(=C\CC)[N+]1=CCOCC1. The Kier molecular flexibility index (Phi) is 6.54. The van der Waals surface area contributed by atoms with E-state index in [1.54, 1.807) is 20.1 Å². The first kappa shape index (κ1) is 16.0. The maximum Gasteiger partial charge on any atom is 0.244 e. The third kappa shape index (κ3) is 3.72.